The van der Waals surface area contributed by atoms with Gasteiger partial charge in [-0.25, -0.2) is 9.31 Å². The fraction of sp³-hybridized carbons (Fsp3) is 0.125. The smallest absolute Gasteiger partial charge is 0.340 e. The first kappa shape index (κ1) is 20.9. The summed E-state index contributed by atoms with van der Waals surface area (Å²) in [5.41, 5.74) is 8.97. The molecule has 2 aromatic carbocycles. The van der Waals surface area contributed by atoms with Crippen LogP contribution in [0.25, 0.3) is 5.52 Å². The van der Waals surface area contributed by atoms with Crippen LogP contribution in [0, 0.1) is 11.3 Å². The Morgan fingerprint density at radius 2 is 1.88 bits per heavy atom. The van der Waals surface area contributed by atoms with Crippen molar-refractivity contribution >= 4 is 22.9 Å². The Morgan fingerprint density at radius 3 is 2.53 bits per heavy atom. The largest absolute Gasteiger partial charge is 0.462 e. The van der Waals surface area contributed by atoms with Crippen LogP contribution >= 0.6 is 0 Å². The topological polar surface area (TPSA) is 115 Å². The van der Waals surface area contributed by atoms with Crippen LogP contribution in [0.1, 0.15) is 28.4 Å². The van der Waals surface area contributed by atoms with E-state index in [0.717, 1.165) is 11.4 Å². The van der Waals surface area contributed by atoms with Crippen molar-refractivity contribution in [2.75, 3.05) is 11.9 Å². The van der Waals surface area contributed by atoms with Crippen LogP contribution in [0.3, 0.4) is 0 Å². The number of benzene rings is 2. The third-order valence-electron chi connectivity index (χ3n) is 4.83. The molecular formula is C24H21N5O3. The van der Waals surface area contributed by atoms with Crippen LogP contribution in [-0.2, 0) is 11.3 Å². The summed E-state index contributed by atoms with van der Waals surface area (Å²) in [5, 5.41) is 17.2. The fourth-order valence-electron chi connectivity index (χ4n) is 3.38. The first-order valence-electron chi connectivity index (χ1n) is 10.0. The number of ether oxygens (including phenoxy) is 2. The number of hydrogen-bond acceptors (Lipinski definition) is 7. The van der Waals surface area contributed by atoms with Crippen molar-refractivity contribution in [1.82, 2.24) is 9.61 Å². The minimum Gasteiger partial charge on any atom is -0.462 e. The van der Waals surface area contributed by atoms with Crippen LogP contribution in [0.2, 0.25) is 0 Å². The molecule has 0 radical (unpaired) electrons. The van der Waals surface area contributed by atoms with Crippen molar-refractivity contribution in [1.29, 1.82) is 5.26 Å². The number of anilines is 2. The maximum atomic E-state index is 12.4. The Bertz CT molecular complexity index is 1290. The number of hydrogen-bond donors (Lipinski definition) is 2. The zero-order valence-electron chi connectivity index (χ0n) is 17.4. The minimum atomic E-state index is -0.481. The normalized spacial score (nSPS) is 10.5. The van der Waals surface area contributed by atoms with Gasteiger partial charge in [0, 0.05) is 24.0 Å². The number of carbonyl (C=O) groups excluding carboxylic acids is 1. The number of fused-ring (bicyclic) bond motifs is 1. The number of para-hydroxylation sites is 1. The summed E-state index contributed by atoms with van der Waals surface area (Å²) < 4.78 is 12.5. The molecule has 0 spiro atoms. The van der Waals surface area contributed by atoms with Crippen LogP contribution in [0.5, 0.6) is 11.5 Å². The Kier molecular flexibility index (Phi) is 6.01. The molecule has 0 aliphatic rings. The van der Waals surface area contributed by atoms with Crippen molar-refractivity contribution in [3.8, 4) is 17.6 Å². The van der Waals surface area contributed by atoms with E-state index in [4.69, 9.17) is 15.2 Å². The standard InChI is InChI=1S/C24H21N5O3/c1-2-31-24(30)21-15-29-23(20(21)13-26)22(16(12-25)14-27-29)28-17-8-10-19(11-9-17)32-18-6-4-3-5-7-18/h3-11,14-15,28H,2,13,26H2,1H3. The summed E-state index contributed by atoms with van der Waals surface area (Å²) in [4.78, 5) is 12.4. The summed E-state index contributed by atoms with van der Waals surface area (Å²) in [6.07, 6.45) is 3.01. The van der Waals surface area contributed by atoms with Gasteiger partial charge in [-0.15, -0.1) is 0 Å². The molecule has 8 nitrogen and oxygen atoms in total. The highest BCUT2D eigenvalue weighted by Gasteiger charge is 2.22. The van der Waals surface area contributed by atoms with E-state index in [1.54, 1.807) is 13.1 Å². The third-order valence-corrected chi connectivity index (χ3v) is 4.83. The van der Waals surface area contributed by atoms with Crippen LogP contribution in [0.15, 0.2) is 67.0 Å². The molecule has 4 rings (SSSR count). The lowest BCUT2D eigenvalue weighted by atomic mass is 10.1. The number of carbonyl (C=O) groups is 1. The summed E-state index contributed by atoms with van der Waals surface area (Å²) >= 11 is 0. The molecule has 32 heavy (non-hydrogen) atoms. The van der Waals surface area contributed by atoms with Gasteiger partial charge in [0.05, 0.1) is 35.1 Å². The number of esters is 1. The van der Waals surface area contributed by atoms with Gasteiger partial charge in [0.1, 0.15) is 17.6 Å². The third kappa shape index (κ3) is 4.10. The van der Waals surface area contributed by atoms with E-state index >= 15 is 0 Å². The summed E-state index contributed by atoms with van der Waals surface area (Å²) in [6, 6.07) is 19.0. The second-order valence-corrected chi connectivity index (χ2v) is 6.85. The molecule has 3 N–H and O–H groups in total. The van der Waals surface area contributed by atoms with Gasteiger partial charge in [-0.2, -0.15) is 10.4 Å². The molecule has 0 aliphatic carbocycles. The number of rotatable bonds is 7. The van der Waals surface area contributed by atoms with Crippen LogP contribution < -0.4 is 15.8 Å². The molecule has 0 fully saturated rings. The second kappa shape index (κ2) is 9.20. The highest BCUT2D eigenvalue weighted by molar-refractivity contribution is 5.97. The van der Waals surface area contributed by atoms with Gasteiger partial charge < -0.3 is 20.5 Å². The molecule has 0 aliphatic heterocycles. The van der Waals surface area contributed by atoms with E-state index in [2.05, 4.69) is 16.5 Å². The van der Waals surface area contributed by atoms with Crippen molar-refractivity contribution in [3.63, 3.8) is 0 Å². The van der Waals surface area contributed by atoms with Gasteiger partial charge >= 0.3 is 5.97 Å². The summed E-state index contributed by atoms with van der Waals surface area (Å²) in [5.74, 6) is 0.936. The number of nitrogens with zero attached hydrogens (tertiary/aromatic N) is 3. The van der Waals surface area contributed by atoms with Crippen molar-refractivity contribution in [2.45, 2.75) is 13.5 Å². The van der Waals surface area contributed by atoms with E-state index in [0.29, 0.717) is 33.6 Å². The molecule has 0 unspecified atom stereocenters. The summed E-state index contributed by atoms with van der Waals surface area (Å²) in [7, 11) is 0. The Labute approximate surface area is 184 Å². The second-order valence-electron chi connectivity index (χ2n) is 6.85. The molecule has 0 saturated carbocycles. The maximum absolute atomic E-state index is 12.4. The molecule has 0 bridgehead atoms. The Balaban J connectivity index is 1.70. The zero-order valence-corrected chi connectivity index (χ0v) is 17.4. The molecule has 160 valence electrons. The van der Waals surface area contributed by atoms with Crippen LogP contribution in [0.4, 0.5) is 11.4 Å². The quantitative estimate of drug-likeness (QED) is 0.421. The Hall–Kier alpha value is -4.35. The maximum Gasteiger partial charge on any atom is 0.340 e. The molecule has 2 heterocycles. The zero-order chi connectivity index (χ0) is 22.5. The van der Waals surface area contributed by atoms with Crippen molar-refractivity contribution < 1.29 is 14.3 Å². The Morgan fingerprint density at radius 1 is 1.16 bits per heavy atom. The minimum absolute atomic E-state index is 0.0831. The average Bonchev–Trinajstić information content (AvgIpc) is 3.20. The van der Waals surface area contributed by atoms with E-state index in [1.165, 1.54) is 10.7 Å². The molecule has 4 aromatic rings. The van der Waals surface area contributed by atoms with Gasteiger partial charge in [-0.3, -0.25) is 0 Å². The predicted molar refractivity (Wildman–Crippen MR) is 120 cm³/mol. The van der Waals surface area contributed by atoms with Gasteiger partial charge in [0.15, 0.2) is 0 Å². The lowest BCUT2D eigenvalue weighted by molar-refractivity contribution is 0.0525. The van der Waals surface area contributed by atoms with Crippen molar-refractivity contribution in [3.05, 3.63) is 83.7 Å². The molecular weight excluding hydrogens is 406 g/mol. The van der Waals surface area contributed by atoms with Gasteiger partial charge in [-0.05, 0) is 43.3 Å². The van der Waals surface area contributed by atoms with Crippen LogP contribution in [-0.4, -0.2) is 22.2 Å². The molecule has 2 aromatic heterocycles. The lowest BCUT2D eigenvalue weighted by Gasteiger charge is -2.12. The van der Waals surface area contributed by atoms with Gasteiger partial charge in [0.2, 0.25) is 0 Å². The molecule has 0 amide bonds. The van der Waals surface area contributed by atoms with E-state index < -0.39 is 5.97 Å². The number of nitrogens with two attached hydrogens (primary N) is 1. The SMILES string of the molecule is CCOC(=O)c1cn2ncc(C#N)c(Nc3ccc(Oc4ccccc4)cc3)c2c1CN. The number of aromatic nitrogens is 2. The number of nitriles is 1. The van der Waals surface area contributed by atoms with E-state index in [-0.39, 0.29) is 13.2 Å². The fourth-order valence-corrected chi connectivity index (χ4v) is 3.38. The highest BCUT2D eigenvalue weighted by atomic mass is 16.5. The highest BCUT2D eigenvalue weighted by Crippen LogP contribution is 2.32. The molecule has 0 atom stereocenters. The number of nitrogens with one attached hydrogen (secondary N) is 1. The lowest BCUT2D eigenvalue weighted by Crippen LogP contribution is -2.09. The monoisotopic (exact) mass is 427 g/mol. The average molecular weight is 427 g/mol. The van der Waals surface area contributed by atoms with Gasteiger partial charge in [-0.1, -0.05) is 18.2 Å². The first-order valence-corrected chi connectivity index (χ1v) is 10.0. The summed E-state index contributed by atoms with van der Waals surface area (Å²) in [6.45, 7) is 2.06. The van der Waals surface area contributed by atoms with Gasteiger partial charge in [0.25, 0.3) is 0 Å². The van der Waals surface area contributed by atoms with E-state index in [9.17, 15) is 10.1 Å². The predicted octanol–water partition coefficient (Wildman–Crippen LogP) is 4.38. The molecule has 8 heteroatoms. The van der Waals surface area contributed by atoms with Crippen molar-refractivity contribution in [2.24, 2.45) is 5.73 Å². The molecule has 0 saturated heterocycles. The first-order chi connectivity index (χ1) is 15.6. The van der Waals surface area contributed by atoms with E-state index in [1.807, 2.05) is 54.6 Å².